The van der Waals surface area contributed by atoms with Crippen molar-refractivity contribution in [2.45, 2.75) is 20.4 Å². The second kappa shape index (κ2) is 5.46. The molecule has 0 atom stereocenters. The highest BCUT2D eigenvalue weighted by Crippen LogP contribution is 2.28. The Hall–Kier alpha value is -2.34. The van der Waals surface area contributed by atoms with Gasteiger partial charge in [0.05, 0.1) is 30.1 Å². The van der Waals surface area contributed by atoms with Crippen LogP contribution < -0.4 is 0 Å². The number of pyridine rings is 1. The lowest BCUT2D eigenvalue weighted by Crippen LogP contribution is -2.02. The van der Waals surface area contributed by atoms with Crippen molar-refractivity contribution in [1.82, 2.24) is 14.8 Å². The van der Waals surface area contributed by atoms with Gasteiger partial charge in [-0.2, -0.15) is 5.10 Å². The maximum atomic E-state index is 13.9. The molecule has 3 rings (SSSR count). The highest BCUT2D eigenvalue weighted by Gasteiger charge is 2.14. The largest absolute Gasteiger partial charge is 0.394 e. The second-order valence-electron chi connectivity index (χ2n) is 5.22. The first-order chi connectivity index (χ1) is 10.5. The van der Waals surface area contributed by atoms with Gasteiger partial charge >= 0.3 is 0 Å². The molecule has 0 bridgehead atoms. The molecule has 2 aromatic heterocycles. The molecule has 1 N–H and O–H groups in total. The Bertz CT molecular complexity index is 858. The van der Waals surface area contributed by atoms with Crippen molar-refractivity contribution in [3.8, 4) is 11.3 Å². The van der Waals surface area contributed by atoms with Crippen LogP contribution in [0, 0.1) is 25.5 Å². The molecule has 0 saturated heterocycles. The van der Waals surface area contributed by atoms with E-state index in [9.17, 15) is 8.78 Å². The number of rotatable bonds is 3. The smallest absolute Gasteiger partial charge is 0.135 e. The van der Waals surface area contributed by atoms with Gasteiger partial charge in [0, 0.05) is 29.3 Å². The van der Waals surface area contributed by atoms with Crippen LogP contribution >= 0.6 is 0 Å². The van der Waals surface area contributed by atoms with Gasteiger partial charge in [-0.15, -0.1) is 0 Å². The fourth-order valence-corrected chi connectivity index (χ4v) is 2.60. The van der Waals surface area contributed by atoms with Gasteiger partial charge in [0.15, 0.2) is 0 Å². The van der Waals surface area contributed by atoms with Gasteiger partial charge in [0.25, 0.3) is 0 Å². The molecular formula is C16H15F2N3O. The van der Waals surface area contributed by atoms with Crippen molar-refractivity contribution < 1.29 is 13.9 Å². The average molecular weight is 303 g/mol. The van der Waals surface area contributed by atoms with Gasteiger partial charge < -0.3 is 5.11 Å². The Balaban J connectivity index is 2.20. The summed E-state index contributed by atoms with van der Waals surface area (Å²) in [5.41, 5.74) is 3.10. The van der Waals surface area contributed by atoms with Crippen LogP contribution in [0.25, 0.3) is 22.2 Å². The third-order valence-corrected chi connectivity index (χ3v) is 3.57. The van der Waals surface area contributed by atoms with Crippen molar-refractivity contribution in [2.24, 2.45) is 0 Å². The summed E-state index contributed by atoms with van der Waals surface area (Å²) in [5, 5.41) is 13.6. The minimum absolute atomic E-state index is 0.0127. The molecule has 0 fully saturated rings. The average Bonchev–Trinajstić information content (AvgIpc) is 2.78. The van der Waals surface area contributed by atoms with E-state index < -0.39 is 11.6 Å². The molecule has 22 heavy (non-hydrogen) atoms. The van der Waals surface area contributed by atoms with E-state index in [0.717, 1.165) is 17.3 Å². The molecule has 3 aromatic rings. The number of hydrogen-bond donors (Lipinski definition) is 1. The molecule has 0 amide bonds. The van der Waals surface area contributed by atoms with Crippen LogP contribution in [0.1, 0.15) is 11.3 Å². The fraction of sp³-hybridized carbons (Fsp3) is 0.250. The second-order valence-corrected chi connectivity index (χ2v) is 5.22. The van der Waals surface area contributed by atoms with Crippen LogP contribution in [0.5, 0.6) is 0 Å². The van der Waals surface area contributed by atoms with Crippen LogP contribution in [0.2, 0.25) is 0 Å². The van der Waals surface area contributed by atoms with E-state index in [1.807, 2.05) is 6.92 Å². The van der Waals surface area contributed by atoms with E-state index in [2.05, 4.69) is 10.1 Å². The van der Waals surface area contributed by atoms with Crippen molar-refractivity contribution >= 4 is 10.9 Å². The summed E-state index contributed by atoms with van der Waals surface area (Å²) in [6.07, 6.45) is 1.77. The molecule has 2 heterocycles. The summed E-state index contributed by atoms with van der Waals surface area (Å²) in [4.78, 5) is 4.37. The maximum absolute atomic E-state index is 13.9. The molecular weight excluding hydrogens is 288 g/mol. The lowest BCUT2D eigenvalue weighted by molar-refractivity contribution is 0.269. The van der Waals surface area contributed by atoms with Gasteiger partial charge in [-0.25, -0.2) is 13.8 Å². The fourth-order valence-electron chi connectivity index (χ4n) is 2.60. The predicted octanol–water partition coefficient (Wildman–Crippen LogP) is 2.99. The van der Waals surface area contributed by atoms with Crippen LogP contribution in [0.3, 0.4) is 0 Å². The predicted molar refractivity (Wildman–Crippen MR) is 79.4 cm³/mol. The molecule has 1 aromatic carbocycles. The molecule has 4 nitrogen and oxygen atoms in total. The number of benzene rings is 1. The lowest BCUT2D eigenvalue weighted by atomic mass is 10.1. The summed E-state index contributed by atoms with van der Waals surface area (Å²) in [6.45, 7) is 3.97. The standard InChI is InChI=1S/C16H15F2N3O/c1-9-5-14(12-8-21(3-4-22)20-10(12)2)19-15-7-11(17)6-13(18)16(9)15/h5-8,22H,3-4H2,1-2H3. The Morgan fingerprint density at radius 2 is 1.95 bits per heavy atom. The van der Waals surface area contributed by atoms with E-state index >= 15 is 0 Å². The van der Waals surface area contributed by atoms with E-state index in [4.69, 9.17) is 5.11 Å². The van der Waals surface area contributed by atoms with E-state index in [1.54, 1.807) is 23.9 Å². The first-order valence-electron chi connectivity index (χ1n) is 6.91. The van der Waals surface area contributed by atoms with E-state index in [0.29, 0.717) is 23.2 Å². The van der Waals surface area contributed by atoms with Crippen molar-refractivity contribution in [3.63, 3.8) is 0 Å². The highest BCUT2D eigenvalue weighted by molar-refractivity contribution is 5.85. The first-order valence-corrected chi connectivity index (χ1v) is 6.91. The maximum Gasteiger partial charge on any atom is 0.135 e. The number of halogens is 2. The Morgan fingerprint density at radius 1 is 1.18 bits per heavy atom. The van der Waals surface area contributed by atoms with Crippen LogP contribution in [0.15, 0.2) is 24.4 Å². The SMILES string of the molecule is Cc1nn(CCO)cc1-c1cc(C)c2c(F)cc(F)cc2n1. The zero-order chi connectivity index (χ0) is 15.9. The molecule has 0 radical (unpaired) electrons. The zero-order valence-corrected chi connectivity index (χ0v) is 12.3. The third-order valence-electron chi connectivity index (χ3n) is 3.57. The summed E-state index contributed by atoms with van der Waals surface area (Å²) in [7, 11) is 0. The van der Waals surface area contributed by atoms with Gasteiger partial charge in [-0.1, -0.05) is 0 Å². The molecule has 6 heteroatoms. The number of aryl methyl sites for hydroxylation is 2. The summed E-state index contributed by atoms with van der Waals surface area (Å²) < 4.78 is 28.9. The lowest BCUT2D eigenvalue weighted by Gasteiger charge is -2.07. The molecule has 0 saturated carbocycles. The van der Waals surface area contributed by atoms with Crippen LogP contribution in [0.4, 0.5) is 8.78 Å². The number of hydrogen-bond acceptors (Lipinski definition) is 3. The quantitative estimate of drug-likeness (QED) is 0.809. The molecule has 114 valence electrons. The Morgan fingerprint density at radius 3 is 2.68 bits per heavy atom. The van der Waals surface area contributed by atoms with E-state index in [1.165, 1.54) is 6.07 Å². The first kappa shape index (κ1) is 14.6. The summed E-state index contributed by atoms with van der Waals surface area (Å²) in [5.74, 6) is -1.26. The number of aromatic nitrogens is 3. The molecule has 0 aliphatic rings. The number of aliphatic hydroxyl groups is 1. The number of nitrogens with zero attached hydrogens (tertiary/aromatic N) is 3. The number of fused-ring (bicyclic) bond motifs is 1. The summed E-state index contributed by atoms with van der Waals surface area (Å²) >= 11 is 0. The Kier molecular flexibility index (Phi) is 3.62. The molecule has 0 aliphatic carbocycles. The summed E-state index contributed by atoms with van der Waals surface area (Å²) in [6, 6.07) is 3.85. The zero-order valence-electron chi connectivity index (χ0n) is 12.3. The number of aliphatic hydroxyl groups excluding tert-OH is 1. The monoisotopic (exact) mass is 303 g/mol. The van der Waals surface area contributed by atoms with Crippen LogP contribution in [-0.2, 0) is 6.54 Å². The van der Waals surface area contributed by atoms with Crippen molar-refractivity contribution in [2.75, 3.05) is 6.61 Å². The molecule has 0 spiro atoms. The third kappa shape index (κ3) is 2.46. The molecule has 0 unspecified atom stereocenters. The van der Waals surface area contributed by atoms with Crippen molar-refractivity contribution in [1.29, 1.82) is 0 Å². The van der Waals surface area contributed by atoms with Crippen molar-refractivity contribution in [3.05, 3.63) is 47.3 Å². The minimum atomic E-state index is -0.651. The minimum Gasteiger partial charge on any atom is -0.394 e. The molecule has 0 aliphatic heterocycles. The Labute approximate surface area is 126 Å². The van der Waals surface area contributed by atoms with E-state index in [-0.39, 0.29) is 12.1 Å². The van der Waals surface area contributed by atoms with Gasteiger partial charge in [0.2, 0.25) is 0 Å². The van der Waals surface area contributed by atoms with Gasteiger partial charge in [0.1, 0.15) is 11.6 Å². The highest BCUT2D eigenvalue weighted by atomic mass is 19.1. The van der Waals surface area contributed by atoms with Crippen LogP contribution in [-0.4, -0.2) is 26.5 Å². The normalized spacial score (nSPS) is 11.3. The van der Waals surface area contributed by atoms with Gasteiger partial charge in [-0.05, 0) is 25.5 Å². The van der Waals surface area contributed by atoms with Gasteiger partial charge in [-0.3, -0.25) is 4.68 Å². The topological polar surface area (TPSA) is 50.9 Å².